The number of nitrogens with one attached hydrogen (secondary N) is 1. The average Bonchev–Trinajstić information content (AvgIpc) is 3.51. The normalized spacial score (nSPS) is 15.8. The van der Waals surface area contributed by atoms with Gasteiger partial charge in [-0.2, -0.15) is 4.52 Å². The summed E-state index contributed by atoms with van der Waals surface area (Å²) in [5.41, 5.74) is 4.25. The van der Waals surface area contributed by atoms with Crippen LogP contribution in [-0.4, -0.2) is 57.3 Å². The van der Waals surface area contributed by atoms with Gasteiger partial charge in [0.05, 0.1) is 25.3 Å². The summed E-state index contributed by atoms with van der Waals surface area (Å²) in [6.07, 6.45) is 1.95. The summed E-state index contributed by atoms with van der Waals surface area (Å²) in [6, 6.07) is 15.3. The molecule has 1 aliphatic heterocycles. The Morgan fingerprint density at radius 1 is 1.27 bits per heavy atom. The number of anilines is 1. The van der Waals surface area contributed by atoms with Crippen molar-refractivity contribution >= 4 is 28.3 Å². The second-order valence-electron chi connectivity index (χ2n) is 8.32. The van der Waals surface area contributed by atoms with Gasteiger partial charge in [0.1, 0.15) is 5.75 Å². The summed E-state index contributed by atoms with van der Waals surface area (Å²) < 4.78 is 12.8. The number of nitrogens with zero attached hydrogens (tertiary/aromatic N) is 5. The number of aryl methyl sites for hydroxylation is 1. The van der Waals surface area contributed by atoms with Gasteiger partial charge in [0.2, 0.25) is 0 Å². The van der Waals surface area contributed by atoms with Gasteiger partial charge in [-0.1, -0.05) is 17.7 Å². The molecule has 4 aromatic rings. The van der Waals surface area contributed by atoms with E-state index in [0.717, 1.165) is 41.5 Å². The number of hydrogen-bond donors (Lipinski definition) is 1. The minimum absolute atomic E-state index is 0.00998. The number of carbonyl (C=O) groups is 1. The Hall–Kier alpha value is -3.72. The van der Waals surface area contributed by atoms with Crippen LogP contribution in [0.2, 0.25) is 0 Å². The zero-order valence-corrected chi connectivity index (χ0v) is 18.7. The maximum Gasteiger partial charge on any atom is 0.322 e. The number of carbonyl (C=O) groups excluding carboxylic acids is 1. The van der Waals surface area contributed by atoms with Gasteiger partial charge in [0.25, 0.3) is 0 Å². The lowest BCUT2D eigenvalue weighted by molar-refractivity contribution is 0.0820. The fourth-order valence-electron chi connectivity index (χ4n) is 4.26. The summed E-state index contributed by atoms with van der Waals surface area (Å²) in [7, 11) is 1.60. The standard InChI is InChI=1S/C24H26N6O3/c1-16-8-9-22-17(11-16)12-18(23-26-27-28-30(22)23)14-29(15-21-7-4-10-33-21)24(31)25-19-5-3-6-20(13-19)32-2/h3,5-6,8-9,11-13,21H,4,7,10,14-15H2,1-2H3,(H,25,31)/t21-/m1/s1. The van der Waals surface area contributed by atoms with Crippen LogP contribution in [0, 0.1) is 6.92 Å². The maximum absolute atomic E-state index is 13.4. The molecule has 0 aliphatic carbocycles. The molecule has 5 rings (SSSR count). The van der Waals surface area contributed by atoms with E-state index >= 15 is 0 Å². The summed E-state index contributed by atoms with van der Waals surface area (Å²) in [5, 5.41) is 16.3. The van der Waals surface area contributed by atoms with Crippen molar-refractivity contribution in [2.45, 2.75) is 32.4 Å². The largest absolute Gasteiger partial charge is 0.497 e. The van der Waals surface area contributed by atoms with Crippen LogP contribution in [-0.2, 0) is 11.3 Å². The zero-order valence-electron chi connectivity index (χ0n) is 18.7. The molecule has 0 saturated carbocycles. The SMILES string of the molecule is COc1cccc(NC(=O)N(Cc2cc3cc(C)ccc3n3nnnc23)C[C@H]2CCCO2)c1. The molecule has 1 fully saturated rings. The van der Waals surface area contributed by atoms with Crippen molar-refractivity contribution in [2.75, 3.05) is 25.6 Å². The van der Waals surface area contributed by atoms with Gasteiger partial charge >= 0.3 is 6.03 Å². The van der Waals surface area contributed by atoms with Crippen molar-refractivity contribution in [2.24, 2.45) is 0 Å². The van der Waals surface area contributed by atoms with Crippen molar-refractivity contribution in [3.05, 3.63) is 59.7 Å². The molecule has 1 saturated heterocycles. The highest BCUT2D eigenvalue weighted by Crippen LogP contribution is 2.24. The number of pyridine rings is 1. The number of aromatic nitrogens is 4. The predicted octanol–water partition coefficient (Wildman–Crippen LogP) is 3.81. The summed E-state index contributed by atoms with van der Waals surface area (Å²) in [4.78, 5) is 15.1. The predicted molar refractivity (Wildman–Crippen MR) is 124 cm³/mol. The first-order valence-electron chi connectivity index (χ1n) is 11.0. The van der Waals surface area contributed by atoms with E-state index in [1.807, 2.05) is 37.3 Å². The molecule has 2 amide bonds. The Morgan fingerprint density at radius 2 is 2.18 bits per heavy atom. The Kier molecular flexibility index (Phi) is 5.78. The molecule has 0 bridgehead atoms. The molecule has 2 aromatic carbocycles. The van der Waals surface area contributed by atoms with Crippen LogP contribution in [0.4, 0.5) is 10.5 Å². The molecule has 1 N–H and O–H groups in total. The van der Waals surface area contributed by atoms with E-state index in [-0.39, 0.29) is 12.1 Å². The number of ether oxygens (including phenoxy) is 2. The fraction of sp³-hybridized carbons (Fsp3) is 0.333. The summed E-state index contributed by atoms with van der Waals surface area (Å²) in [6.45, 7) is 3.61. The van der Waals surface area contributed by atoms with E-state index in [4.69, 9.17) is 9.47 Å². The fourth-order valence-corrected chi connectivity index (χ4v) is 4.26. The van der Waals surface area contributed by atoms with Gasteiger partial charge < -0.3 is 19.7 Å². The number of benzene rings is 2. The van der Waals surface area contributed by atoms with Gasteiger partial charge in [0, 0.05) is 35.9 Å². The number of fused-ring (bicyclic) bond motifs is 3. The number of amides is 2. The van der Waals surface area contributed by atoms with Crippen LogP contribution >= 0.6 is 0 Å². The lowest BCUT2D eigenvalue weighted by Gasteiger charge is -2.26. The van der Waals surface area contributed by atoms with Crippen LogP contribution in [0.5, 0.6) is 5.75 Å². The van der Waals surface area contributed by atoms with Crippen LogP contribution in [0.1, 0.15) is 24.0 Å². The highest BCUT2D eigenvalue weighted by atomic mass is 16.5. The van der Waals surface area contributed by atoms with E-state index < -0.39 is 0 Å². The summed E-state index contributed by atoms with van der Waals surface area (Å²) >= 11 is 0. The van der Waals surface area contributed by atoms with Gasteiger partial charge in [-0.3, -0.25) is 0 Å². The molecule has 1 atom stereocenters. The monoisotopic (exact) mass is 446 g/mol. The molecule has 9 heteroatoms. The highest BCUT2D eigenvalue weighted by Gasteiger charge is 2.24. The number of methoxy groups -OCH3 is 1. The van der Waals surface area contributed by atoms with E-state index in [9.17, 15) is 4.79 Å². The topological polar surface area (TPSA) is 93.9 Å². The number of hydrogen-bond acceptors (Lipinski definition) is 6. The van der Waals surface area contributed by atoms with Crippen LogP contribution in [0.3, 0.4) is 0 Å². The lowest BCUT2D eigenvalue weighted by atomic mass is 10.1. The van der Waals surface area contributed by atoms with Gasteiger partial charge in [0.15, 0.2) is 5.65 Å². The van der Waals surface area contributed by atoms with Crippen molar-refractivity contribution in [3.8, 4) is 5.75 Å². The van der Waals surface area contributed by atoms with Gasteiger partial charge in [-0.15, -0.1) is 5.10 Å². The van der Waals surface area contributed by atoms with Crippen LogP contribution < -0.4 is 10.1 Å². The van der Waals surface area contributed by atoms with E-state index in [1.165, 1.54) is 0 Å². The Morgan fingerprint density at radius 3 is 3.00 bits per heavy atom. The first kappa shape index (κ1) is 21.1. The zero-order chi connectivity index (χ0) is 22.8. The van der Waals surface area contributed by atoms with Crippen molar-refractivity contribution in [1.29, 1.82) is 0 Å². The molecule has 0 radical (unpaired) electrons. The number of tetrazole rings is 1. The van der Waals surface area contributed by atoms with Crippen molar-refractivity contribution < 1.29 is 14.3 Å². The molecule has 170 valence electrons. The van der Waals surface area contributed by atoms with E-state index in [1.54, 1.807) is 22.6 Å². The van der Waals surface area contributed by atoms with Gasteiger partial charge in [-0.05, 0) is 60.5 Å². The molecular weight excluding hydrogens is 420 g/mol. The van der Waals surface area contributed by atoms with Crippen molar-refractivity contribution in [3.63, 3.8) is 0 Å². The van der Waals surface area contributed by atoms with E-state index in [2.05, 4.69) is 33.0 Å². The molecule has 2 aromatic heterocycles. The third kappa shape index (κ3) is 4.45. The third-order valence-electron chi connectivity index (χ3n) is 5.92. The maximum atomic E-state index is 13.4. The molecule has 33 heavy (non-hydrogen) atoms. The quantitative estimate of drug-likeness (QED) is 0.484. The van der Waals surface area contributed by atoms with Crippen LogP contribution in [0.25, 0.3) is 16.6 Å². The summed E-state index contributed by atoms with van der Waals surface area (Å²) in [5.74, 6) is 0.680. The smallest absolute Gasteiger partial charge is 0.322 e. The van der Waals surface area contributed by atoms with Crippen molar-refractivity contribution in [1.82, 2.24) is 24.9 Å². The molecule has 0 unspecified atom stereocenters. The molecule has 9 nitrogen and oxygen atoms in total. The first-order chi connectivity index (χ1) is 16.1. The van der Waals surface area contributed by atoms with Gasteiger partial charge in [-0.25, -0.2) is 4.79 Å². The second-order valence-corrected chi connectivity index (χ2v) is 8.32. The molecule has 1 aliphatic rings. The highest BCUT2D eigenvalue weighted by molar-refractivity contribution is 5.90. The van der Waals surface area contributed by atoms with Crippen LogP contribution in [0.15, 0.2) is 48.5 Å². The first-order valence-corrected chi connectivity index (χ1v) is 11.0. The molecule has 3 heterocycles. The minimum atomic E-state index is -0.214. The molecular formula is C24H26N6O3. The third-order valence-corrected chi connectivity index (χ3v) is 5.92. The minimum Gasteiger partial charge on any atom is -0.497 e. The Labute approximate surface area is 191 Å². The average molecular weight is 447 g/mol. The Bertz CT molecular complexity index is 1300. The lowest BCUT2D eigenvalue weighted by Crippen LogP contribution is -2.39. The number of rotatable bonds is 6. The Balaban J connectivity index is 1.48. The number of urea groups is 1. The second kappa shape index (κ2) is 9.03. The molecule has 0 spiro atoms. The van der Waals surface area contributed by atoms with E-state index in [0.29, 0.717) is 30.2 Å².